The lowest BCUT2D eigenvalue weighted by Crippen LogP contribution is -2.40. The van der Waals surface area contributed by atoms with E-state index in [9.17, 15) is 4.79 Å². The molecule has 1 aromatic carbocycles. The zero-order valence-electron chi connectivity index (χ0n) is 12.2. The standard InChI is InChI=1S/C16H20N2OS2/c1-11(15(19)17-12-7-3-2-4-8-12)20-16-18-13-9-5-6-10-14(13)21-16/h5-6,9-12H,2-4,7-8H2,1H3,(H,17,19). The van der Waals surface area contributed by atoms with Gasteiger partial charge in [0.2, 0.25) is 5.91 Å². The van der Waals surface area contributed by atoms with Crippen molar-refractivity contribution < 1.29 is 4.79 Å². The summed E-state index contributed by atoms with van der Waals surface area (Å²) in [6, 6.07) is 8.49. The van der Waals surface area contributed by atoms with Crippen LogP contribution >= 0.6 is 23.1 Å². The number of benzene rings is 1. The predicted octanol–water partition coefficient (Wildman–Crippen LogP) is 4.23. The van der Waals surface area contributed by atoms with Gasteiger partial charge in [0.05, 0.1) is 15.5 Å². The topological polar surface area (TPSA) is 42.0 Å². The van der Waals surface area contributed by atoms with Crippen LogP contribution in [0.5, 0.6) is 0 Å². The quantitative estimate of drug-likeness (QED) is 0.857. The molecule has 1 aromatic heterocycles. The summed E-state index contributed by atoms with van der Waals surface area (Å²) in [6.07, 6.45) is 6.05. The molecule has 3 nitrogen and oxygen atoms in total. The van der Waals surface area contributed by atoms with Crippen LogP contribution in [0, 0.1) is 0 Å². The minimum Gasteiger partial charge on any atom is -0.352 e. The Labute approximate surface area is 133 Å². The third-order valence-electron chi connectivity index (χ3n) is 3.87. The summed E-state index contributed by atoms with van der Waals surface area (Å²) in [6.45, 7) is 1.97. The highest BCUT2D eigenvalue weighted by Crippen LogP contribution is 2.32. The third-order valence-corrected chi connectivity index (χ3v) is 6.10. The molecule has 1 fully saturated rings. The van der Waals surface area contributed by atoms with Crippen LogP contribution in [0.25, 0.3) is 10.2 Å². The van der Waals surface area contributed by atoms with Gasteiger partial charge in [-0.3, -0.25) is 4.79 Å². The van der Waals surface area contributed by atoms with Crippen LogP contribution in [0.15, 0.2) is 28.6 Å². The number of rotatable bonds is 4. The number of hydrogen-bond acceptors (Lipinski definition) is 4. The molecule has 0 bridgehead atoms. The van der Waals surface area contributed by atoms with Crippen LogP contribution in [0.1, 0.15) is 39.0 Å². The lowest BCUT2D eigenvalue weighted by molar-refractivity contribution is -0.121. The maximum absolute atomic E-state index is 12.3. The third kappa shape index (κ3) is 3.77. The summed E-state index contributed by atoms with van der Waals surface area (Å²) in [5.41, 5.74) is 1.02. The molecular formula is C16H20N2OS2. The first kappa shape index (κ1) is 14.9. The molecule has 21 heavy (non-hydrogen) atoms. The number of nitrogens with one attached hydrogen (secondary N) is 1. The fraction of sp³-hybridized carbons (Fsp3) is 0.500. The van der Waals surface area contributed by atoms with Gasteiger partial charge in [-0.05, 0) is 31.9 Å². The fourth-order valence-corrected chi connectivity index (χ4v) is 4.89. The largest absolute Gasteiger partial charge is 0.352 e. The normalized spacial score (nSPS) is 17.8. The van der Waals surface area contributed by atoms with E-state index in [-0.39, 0.29) is 11.2 Å². The number of nitrogens with zero attached hydrogens (tertiary/aromatic N) is 1. The van der Waals surface area contributed by atoms with E-state index in [4.69, 9.17) is 0 Å². The lowest BCUT2D eigenvalue weighted by Gasteiger charge is -2.24. The number of carbonyl (C=O) groups is 1. The molecule has 0 aliphatic heterocycles. The maximum Gasteiger partial charge on any atom is 0.233 e. The van der Waals surface area contributed by atoms with E-state index in [1.54, 1.807) is 23.1 Å². The van der Waals surface area contributed by atoms with Crippen molar-refractivity contribution in [2.75, 3.05) is 0 Å². The van der Waals surface area contributed by atoms with Crippen molar-refractivity contribution >= 4 is 39.2 Å². The summed E-state index contributed by atoms with van der Waals surface area (Å²) in [4.78, 5) is 16.9. The van der Waals surface area contributed by atoms with Gasteiger partial charge in [0.15, 0.2) is 4.34 Å². The molecule has 1 unspecified atom stereocenters. The molecule has 1 aliphatic rings. The number of aromatic nitrogens is 1. The van der Waals surface area contributed by atoms with Gasteiger partial charge in [-0.25, -0.2) is 4.98 Å². The Balaban J connectivity index is 1.59. The second kappa shape index (κ2) is 6.79. The molecule has 1 saturated carbocycles. The number of amides is 1. The number of para-hydroxylation sites is 1. The fourth-order valence-electron chi connectivity index (χ4n) is 2.67. The van der Waals surface area contributed by atoms with Gasteiger partial charge in [-0.2, -0.15) is 0 Å². The molecule has 1 atom stereocenters. The highest BCUT2D eigenvalue weighted by atomic mass is 32.2. The van der Waals surface area contributed by atoms with E-state index in [0.717, 1.165) is 22.7 Å². The van der Waals surface area contributed by atoms with Crippen molar-refractivity contribution in [2.45, 2.75) is 54.7 Å². The van der Waals surface area contributed by atoms with Crippen molar-refractivity contribution in [3.63, 3.8) is 0 Å². The van der Waals surface area contributed by atoms with Crippen LogP contribution < -0.4 is 5.32 Å². The number of carbonyl (C=O) groups excluding carboxylic acids is 1. The number of hydrogen-bond donors (Lipinski definition) is 1. The van der Waals surface area contributed by atoms with Crippen molar-refractivity contribution in [1.29, 1.82) is 0 Å². The maximum atomic E-state index is 12.3. The Hall–Kier alpha value is -1.07. The van der Waals surface area contributed by atoms with Gasteiger partial charge in [0.25, 0.3) is 0 Å². The van der Waals surface area contributed by atoms with Crippen molar-refractivity contribution in [3.8, 4) is 0 Å². The number of thiazole rings is 1. The average molecular weight is 320 g/mol. The molecule has 3 rings (SSSR count). The molecule has 0 spiro atoms. The molecule has 0 saturated heterocycles. The smallest absolute Gasteiger partial charge is 0.233 e. The van der Waals surface area contributed by atoms with Gasteiger partial charge in [-0.15, -0.1) is 11.3 Å². The first-order valence-electron chi connectivity index (χ1n) is 7.55. The SMILES string of the molecule is CC(Sc1nc2ccccc2s1)C(=O)NC1CCCCC1. The summed E-state index contributed by atoms with van der Waals surface area (Å²) in [7, 11) is 0. The predicted molar refractivity (Wildman–Crippen MR) is 90.0 cm³/mol. The van der Waals surface area contributed by atoms with Gasteiger partial charge >= 0.3 is 0 Å². The Bertz CT molecular complexity index is 587. The Morgan fingerprint density at radius 3 is 2.86 bits per heavy atom. The van der Waals surface area contributed by atoms with Crippen molar-refractivity contribution in [3.05, 3.63) is 24.3 Å². The minimum absolute atomic E-state index is 0.0903. The Morgan fingerprint density at radius 1 is 1.33 bits per heavy atom. The minimum atomic E-state index is -0.0903. The van der Waals surface area contributed by atoms with Gasteiger partial charge < -0.3 is 5.32 Å². The van der Waals surface area contributed by atoms with E-state index in [1.165, 1.54) is 24.0 Å². The molecule has 0 radical (unpaired) electrons. The van der Waals surface area contributed by atoms with E-state index < -0.39 is 0 Å². The molecule has 1 aliphatic carbocycles. The van der Waals surface area contributed by atoms with E-state index in [0.29, 0.717) is 6.04 Å². The molecule has 1 N–H and O–H groups in total. The Morgan fingerprint density at radius 2 is 2.10 bits per heavy atom. The second-order valence-electron chi connectivity index (χ2n) is 5.55. The van der Waals surface area contributed by atoms with E-state index >= 15 is 0 Å². The highest BCUT2D eigenvalue weighted by Gasteiger charge is 2.21. The van der Waals surface area contributed by atoms with Crippen LogP contribution in [0.4, 0.5) is 0 Å². The molecule has 1 heterocycles. The first-order valence-corrected chi connectivity index (χ1v) is 9.24. The monoisotopic (exact) mass is 320 g/mol. The second-order valence-corrected chi connectivity index (χ2v) is 8.17. The molecule has 112 valence electrons. The van der Waals surface area contributed by atoms with Crippen LogP contribution in [0.2, 0.25) is 0 Å². The molecular weight excluding hydrogens is 300 g/mol. The van der Waals surface area contributed by atoms with Crippen molar-refractivity contribution in [2.24, 2.45) is 0 Å². The lowest BCUT2D eigenvalue weighted by atomic mass is 9.95. The summed E-state index contributed by atoms with van der Waals surface area (Å²) in [5, 5.41) is 3.10. The highest BCUT2D eigenvalue weighted by molar-refractivity contribution is 8.02. The average Bonchev–Trinajstić information content (AvgIpc) is 2.90. The number of thioether (sulfide) groups is 1. The van der Waals surface area contributed by atoms with Gasteiger partial charge in [0.1, 0.15) is 0 Å². The molecule has 1 amide bonds. The number of fused-ring (bicyclic) bond motifs is 1. The Kier molecular flexibility index (Phi) is 4.80. The summed E-state index contributed by atoms with van der Waals surface area (Å²) < 4.78 is 2.15. The summed E-state index contributed by atoms with van der Waals surface area (Å²) >= 11 is 3.22. The van der Waals surface area contributed by atoms with E-state index in [2.05, 4.69) is 16.4 Å². The van der Waals surface area contributed by atoms with Crippen LogP contribution in [-0.2, 0) is 4.79 Å². The van der Waals surface area contributed by atoms with Crippen LogP contribution in [-0.4, -0.2) is 22.2 Å². The molecule has 2 aromatic rings. The van der Waals surface area contributed by atoms with Crippen LogP contribution in [0.3, 0.4) is 0 Å². The molecule has 5 heteroatoms. The zero-order chi connectivity index (χ0) is 14.7. The zero-order valence-corrected chi connectivity index (χ0v) is 13.8. The summed E-state index contributed by atoms with van der Waals surface area (Å²) in [5.74, 6) is 0.145. The van der Waals surface area contributed by atoms with E-state index in [1.807, 2.05) is 25.1 Å². The van der Waals surface area contributed by atoms with Gasteiger partial charge in [-0.1, -0.05) is 43.2 Å². The first-order chi connectivity index (χ1) is 10.2. The van der Waals surface area contributed by atoms with Crippen molar-refractivity contribution in [1.82, 2.24) is 10.3 Å². The van der Waals surface area contributed by atoms with Gasteiger partial charge in [0, 0.05) is 6.04 Å².